The monoisotopic (exact) mass is 610 g/mol. The van der Waals surface area contributed by atoms with E-state index in [0.29, 0.717) is 12.1 Å². The Morgan fingerprint density at radius 1 is 1.16 bits per heavy atom. The van der Waals surface area contributed by atoms with Gasteiger partial charge in [0.25, 0.3) is 0 Å². The zero-order chi connectivity index (χ0) is 32.5. The first-order valence-corrected chi connectivity index (χ1v) is 15.8. The Labute approximate surface area is 266 Å². The SMILES string of the molecule is [C-]#[N+]c1ccc2c(c1)CCCc1c-2nc(C(C)C)c(C=C[C@@H]2C[C@H](CC(=O)OC(C)(C)C)OC(C)(C)O2)c1-c1ccc(F)cc1. The minimum Gasteiger partial charge on any atom is -0.460 e. The van der Waals surface area contributed by atoms with Crippen molar-refractivity contribution in [3.05, 3.63) is 88.2 Å². The lowest BCUT2D eigenvalue weighted by molar-refractivity contribution is -0.290. The molecule has 1 saturated heterocycles. The van der Waals surface area contributed by atoms with E-state index in [4.69, 9.17) is 25.8 Å². The molecule has 1 aromatic heterocycles. The first-order chi connectivity index (χ1) is 21.2. The number of benzene rings is 2. The number of rotatable bonds is 6. The molecule has 2 heterocycles. The lowest BCUT2D eigenvalue weighted by Crippen LogP contribution is -2.45. The van der Waals surface area contributed by atoms with Crippen molar-refractivity contribution in [3.63, 3.8) is 0 Å². The Morgan fingerprint density at radius 3 is 2.56 bits per heavy atom. The van der Waals surface area contributed by atoms with Crippen LogP contribution in [0.2, 0.25) is 0 Å². The molecule has 5 rings (SSSR count). The molecule has 1 aliphatic heterocycles. The summed E-state index contributed by atoms with van der Waals surface area (Å²) in [6, 6.07) is 12.6. The average molecular weight is 611 g/mol. The summed E-state index contributed by atoms with van der Waals surface area (Å²) in [6.45, 7) is 21.1. The fourth-order valence-corrected chi connectivity index (χ4v) is 6.39. The molecule has 2 aromatic carbocycles. The summed E-state index contributed by atoms with van der Waals surface area (Å²) in [5, 5.41) is 0. The maximum absolute atomic E-state index is 14.2. The molecule has 0 unspecified atom stereocenters. The molecule has 0 bridgehead atoms. The summed E-state index contributed by atoms with van der Waals surface area (Å²) in [7, 11) is 0. The van der Waals surface area contributed by atoms with Crippen molar-refractivity contribution in [1.29, 1.82) is 0 Å². The van der Waals surface area contributed by atoms with E-state index in [1.165, 1.54) is 12.1 Å². The minimum atomic E-state index is -0.888. The molecule has 0 radical (unpaired) electrons. The summed E-state index contributed by atoms with van der Waals surface area (Å²) in [5.74, 6) is -1.38. The predicted molar refractivity (Wildman–Crippen MR) is 175 cm³/mol. The molecule has 0 N–H and O–H groups in total. The van der Waals surface area contributed by atoms with E-state index in [0.717, 1.165) is 64.0 Å². The van der Waals surface area contributed by atoms with Crippen LogP contribution in [0.15, 0.2) is 48.5 Å². The van der Waals surface area contributed by atoms with Crippen molar-refractivity contribution in [2.24, 2.45) is 0 Å². The predicted octanol–water partition coefficient (Wildman–Crippen LogP) is 9.37. The largest absolute Gasteiger partial charge is 0.460 e. The number of halogens is 1. The Hall–Kier alpha value is -3.86. The zero-order valence-corrected chi connectivity index (χ0v) is 27.4. The van der Waals surface area contributed by atoms with Crippen LogP contribution < -0.4 is 0 Å². The molecule has 6 nitrogen and oxygen atoms in total. The Kier molecular flexibility index (Phi) is 9.30. The van der Waals surface area contributed by atoms with Gasteiger partial charge in [-0.2, -0.15) is 0 Å². The topological polar surface area (TPSA) is 62.0 Å². The Bertz CT molecular complexity index is 1640. The van der Waals surface area contributed by atoms with Gasteiger partial charge in [0.05, 0.1) is 36.6 Å². The van der Waals surface area contributed by atoms with Crippen LogP contribution in [0.3, 0.4) is 0 Å². The Balaban J connectivity index is 1.61. The average Bonchev–Trinajstić information content (AvgIpc) is 3.12. The molecule has 1 aliphatic carbocycles. The first kappa shape index (κ1) is 32.5. The fourth-order valence-electron chi connectivity index (χ4n) is 6.39. The molecular formula is C38H43FN2O4. The maximum atomic E-state index is 14.2. The van der Waals surface area contributed by atoms with E-state index >= 15 is 0 Å². The maximum Gasteiger partial charge on any atom is 0.308 e. The van der Waals surface area contributed by atoms with Gasteiger partial charge in [0.2, 0.25) is 0 Å². The fraction of sp³-hybridized carbons (Fsp3) is 0.447. The second-order valence-electron chi connectivity index (χ2n) is 13.8. The standard InChI is InChI=1S/C38H43FN2O4/c1-23(2)35-32(19-17-28-21-29(44-38(6,7)43-28)22-33(42)45-37(3,4)5)34(24-12-14-26(39)15-13-24)31-11-9-10-25-20-27(40-8)16-18-30(25)36(31)41-35/h12-20,23,28-29H,9-11,21-22H2,1-7H3/t28-,29-/m1/s1. The molecule has 236 valence electrons. The van der Waals surface area contributed by atoms with Crippen LogP contribution in [0.1, 0.15) is 96.0 Å². The molecule has 45 heavy (non-hydrogen) atoms. The van der Waals surface area contributed by atoms with Crippen LogP contribution in [0, 0.1) is 12.4 Å². The van der Waals surface area contributed by atoms with Crippen LogP contribution in [-0.2, 0) is 31.8 Å². The van der Waals surface area contributed by atoms with Crippen LogP contribution >= 0.6 is 0 Å². The minimum absolute atomic E-state index is 0.0929. The molecule has 3 aromatic rings. The van der Waals surface area contributed by atoms with E-state index in [-0.39, 0.29) is 36.3 Å². The molecule has 7 heteroatoms. The van der Waals surface area contributed by atoms with E-state index < -0.39 is 11.4 Å². The summed E-state index contributed by atoms with van der Waals surface area (Å²) >= 11 is 0. The van der Waals surface area contributed by atoms with E-state index in [1.54, 1.807) is 0 Å². The van der Waals surface area contributed by atoms with Crippen LogP contribution in [0.25, 0.3) is 33.3 Å². The number of hydrogen-bond acceptors (Lipinski definition) is 5. The molecule has 0 spiro atoms. The molecular weight excluding hydrogens is 567 g/mol. The van der Waals surface area contributed by atoms with E-state index in [9.17, 15) is 9.18 Å². The lowest BCUT2D eigenvalue weighted by Gasteiger charge is -2.40. The number of aryl methyl sites for hydroxylation is 1. The summed E-state index contributed by atoms with van der Waals surface area (Å²) in [6.07, 6.45) is 6.66. The number of ether oxygens (including phenoxy) is 3. The Morgan fingerprint density at radius 2 is 1.89 bits per heavy atom. The first-order valence-electron chi connectivity index (χ1n) is 15.8. The van der Waals surface area contributed by atoms with Crippen LogP contribution in [0.4, 0.5) is 10.1 Å². The molecule has 2 aliphatic rings. The highest BCUT2D eigenvalue weighted by molar-refractivity contribution is 5.86. The number of fused-ring (bicyclic) bond motifs is 3. The van der Waals surface area contributed by atoms with Gasteiger partial charge in [0, 0.05) is 17.5 Å². The molecule has 0 amide bonds. The van der Waals surface area contributed by atoms with Gasteiger partial charge in [0.15, 0.2) is 11.5 Å². The van der Waals surface area contributed by atoms with Gasteiger partial charge in [-0.3, -0.25) is 9.78 Å². The van der Waals surface area contributed by atoms with E-state index in [2.05, 4.69) is 24.8 Å². The number of aromatic nitrogens is 1. The number of esters is 1. The summed E-state index contributed by atoms with van der Waals surface area (Å²) < 4.78 is 32.2. The summed E-state index contributed by atoms with van der Waals surface area (Å²) in [5.41, 5.74) is 8.17. The zero-order valence-electron chi connectivity index (χ0n) is 27.4. The molecule has 1 fully saturated rings. The second-order valence-corrected chi connectivity index (χ2v) is 13.8. The quantitative estimate of drug-likeness (QED) is 0.206. The summed E-state index contributed by atoms with van der Waals surface area (Å²) in [4.78, 5) is 21.6. The highest BCUT2D eigenvalue weighted by Crippen LogP contribution is 2.43. The van der Waals surface area contributed by atoms with Crippen molar-refractivity contribution in [2.75, 3.05) is 0 Å². The second kappa shape index (κ2) is 12.9. The van der Waals surface area contributed by atoms with Crippen molar-refractivity contribution in [1.82, 2.24) is 4.98 Å². The van der Waals surface area contributed by atoms with Gasteiger partial charge < -0.3 is 14.2 Å². The van der Waals surface area contributed by atoms with Gasteiger partial charge in [-0.15, -0.1) is 0 Å². The van der Waals surface area contributed by atoms with Gasteiger partial charge in [-0.1, -0.05) is 56.3 Å². The van der Waals surface area contributed by atoms with E-state index in [1.807, 2.05) is 71.0 Å². The third kappa shape index (κ3) is 7.69. The van der Waals surface area contributed by atoms with Crippen molar-refractivity contribution < 1.29 is 23.4 Å². The van der Waals surface area contributed by atoms with Gasteiger partial charge in [0.1, 0.15) is 11.4 Å². The van der Waals surface area contributed by atoms with Crippen molar-refractivity contribution >= 4 is 17.7 Å². The van der Waals surface area contributed by atoms with Gasteiger partial charge >= 0.3 is 5.97 Å². The highest BCUT2D eigenvalue weighted by atomic mass is 19.1. The molecule has 2 atom stereocenters. The lowest BCUT2D eigenvalue weighted by atomic mass is 9.86. The van der Waals surface area contributed by atoms with Crippen molar-refractivity contribution in [3.8, 4) is 22.4 Å². The van der Waals surface area contributed by atoms with Gasteiger partial charge in [-0.25, -0.2) is 9.24 Å². The number of pyridine rings is 1. The number of carbonyl (C=O) groups is 1. The van der Waals surface area contributed by atoms with Crippen molar-refractivity contribution in [2.45, 2.75) is 110 Å². The van der Waals surface area contributed by atoms with Gasteiger partial charge in [-0.05, 0) is 94.2 Å². The van der Waals surface area contributed by atoms with Crippen LogP contribution in [-0.4, -0.2) is 34.5 Å². The smallest absolute Gasteiger partial charge is 0.308 e. The normalized spacial score (nSPS) is 19.5. The molecule has 0 saturated carbocycles. The third-order valence-corrected chi connectivity index (χ3v) is 8.06. The number of carbonyl (C=O) groups excluding carboxylic acids is 1. The number of hydrogen-bond donors (Lipinski definition) is 0. The van der Waals surface area contributed by atoms with Crippen LogP contribution in [0.5, 0.6) is 0 Å². The third-order valence-electron chi connectivity index (χ3n) is 8.06. The highest BCUT2D eigenvalue weighted by Gasteiger charge is 2.36. The number of nitrogens with zero attached hydrogens (tertiary/aromatic N) is 2.